The van der Waals surface area contributed by atoms with E-state index in [9.17, 15) is 9.18 Å². The molecule has 1 amide bonds. The van der Waals surface area contributed by atoms with Gasteiger partial charge in [0, 0.05) is 17.2 Å². The standard InChI is InChI=1S/C18H18FN3O2S/c1-3-12(19)10-13(4-2)24-16-8-7-14(25-16)11-22-18(23)15-6-5-9-21-17(15)20/h3-10H,1,11H2,2H3,(H2,20,21)(H,22,23)/b12-10+,13-4+. The summed E-state index contributed by atoms with van der Waals surface area (Å²) in [6.45, 7) is 5.42. The summed E-state index contributed by atoms with van der Waals surface area (Å²) in [5.74, 6) is -0.222. The van der Waals surface area contributed by atoms with Crippen molar-refractivity contribution in [1.29, 1.82) is 0 Å². The molecule has 0 unspecified atom stereocenters. The molecule has 2 heterocycles. The Bertz CT molecular complexity index is 827. The summed E-state index contributed by atoms with van der Waals surface area (Å²) in [5, 5.41) is 3.36. The average Bonchev–Trinajstić information content (AvgIpc) is 3.06. The number of pyridine rings is 1. The number of ether oxygens (including phenoxy) is 1. The second kappa shape index (κ2) is 8.79. The summed E-state index contributed by atoms with van der Waals surface area (Å²) in [6.07, 6.45) is 5.53. The third-order valence-corrected chi connectivity index (χ3v) is 4.08. The number of carbonyl (C=O) groups excluding carboxylic acids is 1. The number of nitrogens with zero attached hydrogens (tertiary/aromatic N) is 1. The lowest BCUT2D eigenvalue weighted by molar-refractivity contribution is 0.0952. The molecule has 0 atom stereocenters. The number of halogens is 1. The number of rotatable bonds is 7. The number of nitrogens with one attached hydrogen (secondary N) is 1. The predicted molar refractivity (Wildman–Crippen MR) is 97.9 cm³/mol. The summed E-state index contributed by atoms with van der Waals surface area (Å²) in [4.78, 5) is 16.9. The zero-order valence-corrected chi connectivity index (χ0v) is 14.5. The highest BCUT2D eigenvalue weighted by Crippen LogP contribution is 2.27. The molecule has 0 aliphatic carbocycles. The maximum Gasteiger partial charge on any atom is 0.255 e. The van der Waals surface area contributed by atoms with Crippen LogP contribution in [0.1, 0.15) is 22.2 Å². The largest absolute Gasteiger partial charge is 0.447 e. The van der Waals surface area contributed by atoms with Gasteiger partial charge in [0.15, 0.2) is 5.06 Å². The highest BCUT2D eigenvalue weighted by atomic mass is 32.1. The molecule has 7 heteroatoms. The van der Waals surface area contributed by atoms with Crippen molar-refractivity contribution in [3.05, 3.63) is 77.3 Å². The number of nitrogen functional groups attached to an aromatic ring is 1. The van der Waals surface area contributed by atoms with Gasteiger partial charge in [0.25, 0.3) is 5.91 Å². The number of aromatic nitrogens is 1. The van der Waals surface area contributed by atoms with E-state index in [0.717, 1.165) is 11.0 Å². The molecule has 0 aliphatic rings. The first kappa shape index (κ1) is 18.4. The fraction of sp³-hybridized carbons (Fsp3) is 0.111. The quantitative estimate of drug-likeness (QED) is 0.579. The van der Waals surface area contributed by atoms with E-state index in [2.05, 4.69) is 16.9 Å². The van der Waals surface area contributed by atoms with Crippen molar-refractivity contribution in [2.75, 3.05) is 5.73 Å². The second-order valence-corrected chi connectivity index (χ2v) is 6.00. The fourth-order valence-electron chi connectivity index (χ4n) is 1.86. The number of allylic oxidation sites excluding steroid dienone is 4. The Morgan fingerprint density at radius 2 is 2.28 bits per heavy atom. The summed E-state index contributed by atoms with van der Waals surface area (Å²) in [5.41, 5.74) is 6.01. The fourth-order valence-corrected chi connectivity index (χ4v) is 2.68. The molecule has 3 N–H and O–H groups in total. The Labute approximate surface area is 149 Å². The van der Waals surface area contributed by atoms with Crippen LogP contribution in [0.5, 0.6) is 5.06 Å². The number of nitrogens with two attached hydrogens (primary N) is 1. The van der Waals surface area contributed by atoms with Crippen LogP contribution >= 0.6 is 11.3 Å². The van der Waals surface area contributed by atoms with Gasteiger partial charge in [0.1, 0.15) is 17.4 Å². The van der Waals surface area contributed by atoms with E-state index in [0.29, 0.717) is 22.9 Å². The lowest BCUT2D eigenvalue weighted by Gasteiger charge is -2.05. The first-order valence-electron chi connectivity index (χ1n) is 7.44. The molecule has 130 valence electrons. The minimum atomic E-state index is -0.480. The SMILES string of the molecule is C=C/C(F)=C\C(=C/C)Oc1ccc(CNC(=O)c2cccnc2N)s1. The number of hydrogen-bond acceptors (Lipinski definition) is 5. The number of carbonyl (C=O) groups is 1. The summed E-state index contributed by atoms with van der Waals surface area (Å²) in [6, 6.07) is 6.85. The van der Waals surface area contributed by atoms with Gasteiger partial charge in [0.05, 0.1) is 12.1 Å². The van der Waals surface area contributed by atoms with Crippen LogP contribution < -0.4 is 15.8 Å². The molecule has 0 fully saturated rings. The first-order chi connectivity index (χ1) is 12.0. The van der Waals surface area contributed by atoms with E-state index in [4.69, 9.17) is 10.5 Å². The van der Waals surface area contributed by atoms with E-state index in [-0.39, 0.29) is 11.7 Å². The zero-order chi connectivity index (χ0) is 18.2. The summed E-state index contributed by atoms with van der Waals surface area (Å²) >= 11 is 1.35. The molecule has 2 aromatic rings. The van der Waals surface area contributed by atoms with E-state index < -0.39 is 5.83 Å². The highest BCUT2D eigenvalue weighted by molar-refractivity contribution is 7.13. The van der Waals surface area contributed by atoms with E-state index in [1.807, 2.05) is 6.07 Å². The Balaban J connectivity index is 1.96. The third-order valence-electron chi connectivity index (χ3n) is 3.12. The normalized spacial score (nSPS) is 11.9. The van der Waals surface area contributed by atoms with Gasteiger partial charge >= 0.3 is 0 Å². The minimum absolute atomic E-state index is 0.184. The van der Waals surface area contributed by atoms with Crippen LogP contribution in [0.2, 0.25) is 0 Å². The molecular formula is C18H18FN3O2S. The van der Waals surface area contributed by atoms with Crippen LogP contribution in [0.25, 0.3) is 0 Å². The van der Waals surface area contributed by atoms with Crippen LogP contribution in [0.4, 0.5) is 10.2 Å². The molecule has 25 heavy (non-hydrogen) atoms. The maximum absolute atomic E-state index is 13.2. The van der Waals surface area contributed by atoms with Gasteiger partial charge in [-0.2, -0.15) is 0 Å². The van der Waals surface area contributed by atoms with Gasteiger partial charge in [-0.3, -0.25) is 4.79 Å². The predicted octanol–water partition coefficient (Wildman–Crippen LogP) is 3.98. The number of anilines is 1. The Hall–Kier alpha value is -2.93. The van der Waals surface area contributed by atoms with Crippen LogP contribution in [0.3, 0.4) is 0 Å². The lowest BCUT2D eigenvalue weighted by Crippen LogP contribution is -2.23. The molecule has 0 saturated heterocycles. The molecule has 0 aliphatic heterocycles. The van der Waals surface area contributed by atoms with Crippen molar-refractivity contribution < 1.29 is 13.9 Å². The molecule has 0 bridgehead atoms. The van der Waals surface area contributed by atoms with Gasteiger partial charge in [-0.25, -0.2) is 9.37 Å². The van der Waals surface area contributed by atoms with Gasteiger partial charge in [0.2, 0.25) is 0 Å². The van der Waals surface area contributed by atoms with Crippen molar-refractivity contribution in [3.8, 4) is 5.06 Å². The van der Waals surface area contributed by atoms with Crippen molar-refractivity contribution >= 4 is 23.1 Å². The van der Waals surface area contributed by atoms with Gasteiger partial charge < -0.3 is 15.8 Å². The average molecular weight is 359 g/mol. The van der Waals surface area contributed by atoms with E-state index in [1.165, 1.54) is 23.6 Å². The molecule has 0 saturated carbocycles. The van der Waals surface area contributed by atoms with Crippen molar-refractivity contribution in [3.63, 3.8) is 0 Å². The molecule has 0 spiro atoms. The smallest absolute Gasteiger partial charge is 0.255 e. The highest BCUT2D eigenvalue weighted by Gasteiger charge is 2.10. The Kier molecular flexibility index (Phi) is 6.47. The van der Waals surface area contributed by atoms with Crippen molar-refractivity contribution in [2.24, 2.45) is 0 Å². The summed E-state index contributed by atoms with van der Waals surface area (Å²) in [7, 11) is 0. The minimum Gasteiger partial charge on any atom is -0.447 e. The first-order valence-corrected chi connectivity index (χ1v) is 8.26. The van der Waals surface area contributed by atoms with E-state index >= 15 is 0 Å². The van der Waals surface area contributed by atoms with E-state index in [1.54, 1.807) is 31.2 Å². The summed E-state index contributed by atoms with van der Waals surface area (Å²) < 4.78 is 18.8. The molecule has 5 nitrogen and oxygen atoms in total. The van der Waals surface area contributed by atoms with Crippen LogP contribution in [-0.2, 0) is 6.54 Å². The van der Waals surface area contributed by atoms with Gasteiger partial charge in [-0.1, -0.05) is 6.58 Å². The van der Waals surface area contributed by atoms with Gasteiger partial charge in [-0.15, -0.1) is 11.3 Å². The maximum atomic E-state index is 13.2. The molecule has 0 radical (unpaired) electrons. The third kappa shape index (κ3) is 5.29. The lowest BCUT2D eigenvalue weighted by atomic mass is 10.2. The monoisotopic (exact) mass is 359 g/mol. The molecule has 2 rings (SSSR count). The number of hydrogen-bond donors (Lipinski definition) is 2. The Morgan fingerprint density at radius 3 is 2.96 bits per heavy atom. The Morgan fingerprint density at radius 1 is 1.48 bits per heavy atom. The van der Waals surface area contributed by atoms with Crippen molar-refractivity contribution in [2.45, 2.75) is 13.5 Å². The van der Waals surface area contributed by atoms with Crippen LogP contribution in [0, 0.1) is 0 Å². The number of thiophene rings is 1. The number of amides is 1. The molecule has 2 aromatic heterocycles. The zero-order valence-electron chi connectivity index (χ0n) is 13.7. The van der Waals surface area contributed by atoms with Crippen LogP contribution in [-0.4, -0.2) is 10.9 Å². The van der Waals surface area contributed by atoms with Gasteiger partial charge in [-0.05, 0) is 43.3 Å². The topological polar surface area (TPSA) is 77.2 Å². The van der Waals surface area contributed by atoms with Crippen LogP contribution in [0.15, 0.2) is 66.9 Å². The molecule has 0 aromatic carbocycles. The second-order valence-electron chi connectivity index (χ2n) is 4.87. The van der Waals surface area contributed by atoms with Crippen molar-refractivity contribution in [1.82, 2.24) is 10.3 Å². The molecular weight excluding hydrogens is 341 g/mol.